The van der Waals surface area contributed by atoms with E-state index in [1.54, 1.807) is 6.92 Å². The molecular weight excluding hydrogens is 194 g/mol. The summed E-state index contributed by atoms with van der Waals surface area (Å²) in [4.78, 5) is 11.3. The van der Waals surface area contributed by atoms with E-state index in [1.165, 1.54) is 0 Å². The minimum absolute atomic E-state index is 0.351. The van der Waals surface area contributed by atoms with Gasteiger partial charge in [-0.25, -0.2) is 0 Å². The summed E-state index contributed by atoms with van der Waals surface area (Å²) in [5.41, 5.74) is 0. The molecule has 3 nitrogen and oxygen atoms in total. The molecule has 1 atom stereocenters. The van der Waals surface area contributed by atoms with Gasteiger partial charge in [-0.05, 0) is 13.3 Å². The van der Waals surface area contributed by atoms with Crippen LogP contribution in [0.1, 0.15) is 13.3 Å². The van der Waals surface area contributed by atoms with E-state index in [0.717, 1.165) is 6.04 Å². The molecule has 0 heterocycles. The number of esters is 1. The molecule has 0 N–H and O–H groups in total. The van der Waals surface area contributed by atoms with Gasteiger partial charge in [0.2, 0.25) is 0 Å². The van der Waals surface area contributed by atoms with E-state index in [1.807, 2.05) is 6.07 Å². The summed E-state index contributed by atoms with van der Waals surface area (Å²) in [6.07, 6.45) is 0.644. The number of hydrogen-bond donors (Lipinski definition) is 0. The summed E-state index contributed by atoms with van der Waals surface area (Å²) in [5.74, 6) is -0.935. The van der Waals surface area contributed by atoms with Crippen molar-refractivity contribution in [2.24, 2.45) is 5.92 Å². The van der Waals surface area contributed by atoms with Gasteiger partial charge in [0.1, 0.15) is 5.92 Å². The average molecular weight is 213 g/mol. The van der Waals surface area contributed by atoms with E-state index in [-0.39, 0.29) is 5.97 Å². The maximum absolute atomic E-state index is 11.3. The van der Waals surface area contributed by atoms with Gasteiger partial charge in [-0.3, -0.25) is 4.79 Å². The summed E-state index contributed by atoms with van der Waals surface area (Å²) in [6.45, 7) is 8.79. The van der Waals surface area contributed by atoms with Crippen molar-refractivity contribution < 1.29 is 9.53 Å². The second-order valence-electron chi connectivity index (χ2n) is 4.53. The first-order chi connectivity index (χ1) is 6.40. The highest BCUT2D eigenvalue weighted by atomic mass is 28.3. The fraction of sp³-hybridized carbons (Fsp3) is 0.800. The zero-order valence-electron chi connectivity index (χ0n) is 9.46. The predicted octanol–water partition coefficient (Wildman–Crippen LogP) is 2.42. The lowest BCUT2D eigenvalue weighted by atomic mass is 10.1. The van der Waals surface area contributed by atoms with Gasteiger partial charge in [0, 0.05) is 8.07 Å². The standard InChI is InChI=1S/C10H19NO2Si/c1-5-13-10(12)9(8-11)6-7-14(2,3)4/h9H,5-7H2,1-4H3. The van der Waals surface area contributed by atoms with Crippen molar-refractivity contribution in [1.82, 2.24) is 0 Å². The molecule has 0 rings (SSSR count). The molecule has 0 bridgehead atoms. The largest absolute Gasteiger partial charge is 0.465 e. The van der Waals surface area contributed by atoms with Crippen LogP contribution in [0.5, 0.6) is 0 Å². The lowest BCUT2D eigenvalue weighted by Crippen LogP contribution is -2.23. The van der Waals surface area contributed by atoms with Crippen LogP contribution in [0, 0.1) is 17.2 Å². The Labute approximate surface area is 87.1 Å². The number of ether oxygens (including phenoxy) is 1. The molecular formula is C10H19NO2Si. The first-order valence-electron chi connectivity index (χ1n) is 4.97. The van der Waals surface area contributed by atoms with Crippen LogP contribution in [0.2, 0.25) is 25.7 Å². The number of carbonyl (C=O) groups is 1. The van der Waals surface area contributed by atoms with E-state index in [2.05, 4.69) is 19.6 Å². The summed E-state index contributed by atoms with van der Waals surface area (Å²) >= 11 is 0. The third kappa shape index (κ3) is 5.76. The summed E-state index contributed by atoms with van der Waals surface area (Å²) in [7, 11) is -1.16. The van der Waals surface area contributed by atoms with E-state index >= 15 is 0 Å². The smallest absolute Gasteiger partial charge is 0.323 e. The molecule has 1 unspecified atom stereocenters. The molecule has 0 amide bonds. The minimum atomic E-state index is -1.16. The second kappa shape index (κ2) is 5.81. The van der Waals surface area contributed by atoms with Crippen molar-refractivity contribution in [3.8, 4) is 6.07 Å². The molecule has 0 saturated heterocycles. The zero-order chi connectivity index (χ0) is 11.2. The van der Waals surface area contributed by atoms with Gasteiger partial charge in [-0.15, -0.1) is 0 Å². The monoisotopic (exact) mass is 213 g/mol. The van der Waals surface area contributed by atoms with Crippen LogP contribution in [-0.4, -0.2) is 20.7 Å². The molecule has 4 heteroatoms. The van der Waals surface area contributed by atoms with Crippen LogP contribution in [0.4, 0.5) is 0 Å². The maximum Gasteiger partial charge on any atom is 0.323 e. The SMILES string of the molecule is CCOC(=O)C(C#N)CC[Si](C)(C)C. The molecule has 0 aromatic rings. The molecule has 0 fully saturated rings. The van der Waals surface area contributed by atoms with Gasteiger partial charge in [-0.1, -0.05) is 25.7 Å². The fourth-order valence-electron chi connectivity index (χ4n) is 1.06. The van der Waals surface area contributed by atoms with Crippen LogP contribution in [0.25, 0.3) is 0 Å². The van der Waals surface area contributed by atoms with Crippen LogP contribution in [0.3, 0.4) is 0 Å². The second-order valence-corrected chi connectivity index (χ2v) is 10.2. The lowest BCUT2D eigenvalue weighted by molar-refractivity contribution is -0.146. The molecule has 0 radical (unpaired) electrons. The molecule has 14 heavy (non-hydrogen) atoms. The Bertz CT molecular complexity index is 227. The number of carbonyl (C=O) groups excluding carboxylic acids is 1. The van der Waals surface area contributed by atoms with Crippen LogP contribution >= 0.6 is 0 Å². The van der Waals surface area contributed by atoms with Crippen LogP contribution < -0.4 is 0 Å². The normalized spacial score (nSPS) is 13.1. The third-order valence-electron chi connectivity index (χ3n) is 1.91. The molecule has 0 aliphatic heterocycles. The molecule has 80 valence electrons. The molecule has 0 aromatic heterocycles. The van der Waals surface area contributed by atoms with Gasteiger partial charge >= 0.3 is 5.97 Å². The quantitative estimate of drug-likeness (QED) is 0.520. The van der Waals surface area contributed by atoms with Crippen molar-refractivity contribution in [2.75, 3.05) is 6.61 Å². The molecule has 0 aromatic carbocycles. The number of nitrogens with zero attached hydrogens (tertiary/aromatic N) is 1. The fourth-order valence-corrected chi connectivity index (χ4v) is 2.21. The maximum atomic E-state index is 11.3. The third-order valence-corrected chi connectivity index (χ3v) is 3.70. The zero-order valence-corrected chi connectivity index (χ0v) is 10.5. The Hall–Kier alpha value is -0.823. The van der Waals surface area contributed by atoms with Crippen LogP contribution in [0.15, 0.2) is 0 Å². The highest BCUT2D eigenvalue weighted by molar-refractivity contribution is 6.76. The number of hydrogen-bond acceptors (Lipinski definition) is 3. The molecule has 0 aliphatic carbocycles. The Morgan fingerprint density at radius 3 is 2.43 bits per heavy atom. The molecule has 0 aliphatic rings. The minimum Gasteiger partial charge on any atom is -0.465 e. The first kappa shape index (κ1) is 13.2. The van der Waals surface area contributed by atoms with Crippen molar-refractivity contribution in [1.29, 1.82) is 5.26 Å². The lowest BCUT2D eigenvalue weighted by Gasteiger charge is -2.16. The van der Waals surface area contributed by atoms with Gasteiger partial charge in [0.15, 0.2) is 0 Å². The average Bonchev–Trinajstić information content (AvgIpc) is 2.03. The Morgan fingerprint density at radius 1 is 1.50 bits per heavy atom. The van der Waals surface area contributed by atoms with Crippen molar-refractivity contribution >= 4 is 14.0 Å². The molecule has 0 saturated carbocycles. The molecule has 0 spiro atoms. The Balaban J connectivity index is 4.05. The summed E-state index contributed by atoms with van der Waals surface area (Å²) < 4.78 is 4.81. The van der Waals surface area contributed by atoms with Crippen LogP contribution in [-0.2, 0) is 9.53 Å². The van der Waals surface area contributed by atoms with Crippen molar-refractivity contribution in [2.45, 2.75) is 39.0 Å². The number of nitriles is 1. The predicted molar refractivity (Wildman–Crippen MR) is 58.5 cm³/mol. The first-order valence-corrected chi connectivity index (χ1v) is 8.67. The summed E-state index contributed by atoms with van der Waals surface area (Å²) in [5, 5.41) is 8.78. The number of rotatable bonds is 5. The highest BCUT2D eigenvalue weighted by Gasteiger charge is 2.22. The highest BCUT2D eigenvalue weighted by Crippen LogP contribution is 2.17. The van der Waals surface area contributed by atoms with Gasteiger partial charge in [0.05, 0.1) is 12.7 Å². The Morgan fingerprint density at radius 2 is 2.07 bits per heavy atom. The topological polar surface area (TPSA) is 50.1 Å². The van der Waals surface area contributed by atoms with Gasteiger partial charge < -0.3 is 4.74 Å². The van der Waals surface area contributed by atoms with E-state index in [4.69, 9.17) is 10.00 Å². The van der Waals surface area contributed by atoms with Gasteiger partial charge in [0.25, 0.3) is 0 Å². The summed E-state index contributed by atoms with van der Waals surface area (Å²) in [6, 6.07) is 3.00. The van der Waals surface area contributed by atoms with E-state index in [0.29, 0.717) is 13.0 Å². The van der Waals surface area contributed by atoms with E-state index < -0.39 is 14.0 Å². The van der Waals surface area contributed by atoms with Crippen molar-refractivity contribution in [3.63, 3.8) is 0 Å². The van der Waals surface area contributed by atoms with Crippen molar-refractivity contribution in [3.05, 3.63) is 0 Å². The van der Waals surface area contributed by atoms with Gasteiger partial charge in [-0.2, -0.15) is 5.26 Å². The van der Waals surface area contributed by atoms with E-state index in [9.17, 15) is 4.79 Å². The Kier molecular flexibility index (Phi) is 5.47.